The molecule has 2 rings (SSSR count). The number of benzene rings is 1. The molecule has 1 N–H and O–H groups in total. The number of hydrogen-bond acceptors (Lipinski definition) is 2. The first-order chi connectivity index (χ1) is 8.52. The van der Waals surface area contributed by atoms with Gasteiger partial charge in [0.15, 0.2) is 0 Å². The van der Waals surface area contributed by atoms with Crippen LogP contribution in [0.2, 0.25) is 0 Å². The van der Waals surface area contributed by atoms with Crippen LogP contribution in [0.3, 0.4) is 0 Å². The summed E-state index contributed by atoms with van der Waals surface area (Å²) in [6, 6.07) is 4.03. The molecule has 0 spiro atoms. The van der Waals surface area contributed by atoms with Crippen molar-refractivity contribution >= 4 is 0 Å². The van der Waals surface area contributed by atoms with Gasteiger partial charge in [0.25, 0.3) is 0 Å². The van der Waals surface area contributed by atoms with Gasteiger partial charge in [-0.1, -0.05) is 6.07 Å². The van der Waals surface area contributed by atoms with Crippen LogP contribution in [0.25, 0.3) is 0 Å². The fraction of sp³-hybridized carbons (Fsp3) is 0.538. The van der Waals surface area contributed by atoms with Crippen LogP contribution in [0.4, 0.5) is 13.2 Å². The highest BCUT2D eigenvalue weighted by Crippen LogP contribution is 2.34. The highest BCUT2D eigenvalue weighted by Gasteiger charge is 2.32. The van der Waals surface area contributed by atoms with Gasteiger partial charge in [-0.15, -0.1) is 0 Å². The van der Waals surface area contributed by atoms with E-state index in [2.05, 4.69) is 5.32 Å². The van der Waals surface area contributed by atoms with E-state index in [0.29, 0.717) is 13.2 Å². The van der Waals surface area contributed by atoms with E-state index in [1.807, 2.05) is 0 Å². The van der Waals surface area contributed by atoms with Gasteiger partial charge in [0.05, 0.1) is 5.56 Å². The lowest BCUT2D eigenvalue weighted by atomic mass is 9.87. The number of rotatable bonds is 3. The molecule has 0 aliphatic carbocycles. The van der Waals surface area contributed by atoms with Crippen molar-refractivity contribution in [1.29, 1.82) is 0 Å². The van der Waals surface area contributed by atoms with Crippen molar-refractivity contribution in [2.24, 2.45) is 0 Å². The van der Waals surface area contributed by atoms with Crippen LogP contribution < -0.4 is 5.32 Å². The number of nitrogens with one attached hydrogen (secondary N) is 1. The lowest BCUT2D eigenvalue weighted by molar-refractivity contribution is -0.137. The molecule has 1 aliphatic heterocycles. The minimum absolute atomic E-state index is 0.232. The second-order valence-corrected chi connectivity index (χ2v) is 4.52. The first kappa shape index (κ1) is 13.4. The molecule has 5 heteroatoms. The molecule has 1 aromatic carbocycles. The van der Waals surface area contributed by atoms with Crippen molar-refractivity contribution in [2.75, 3.05) is 20.3 Å². The minimum Gasteiger partial charge on any atom is -0.385 e. The standard InChI is InChI=1S/C13H16F3NO/c1-18-5-4-9-7-17-8-10-6-11(13(14,15)16)2-3-12(9)10/h2-3,6,9,17H,4-5,7-8H2,1H3. The average molecular weight is 259 g/mol. The Balaban J connectivity index is 2.25. The second-order valence-electron chi connectivity index (χ2n) is 4.52. The van der Waals surface area contributed by atoms with Gasteiger partial charge in [-0.2, -0.15) is 13.2 Å². The zero-order chi connectivity index (χ0) is 13.2. The van der Waals surface area contributed by atoms with Crippen LogP contribution in [0.15, 0.2) is 18.2 Å². The molecule has 1 aliphatic rings. The Labute approximate surface area is 104 Å². The summed E-state index contributed by atoms with van der Waals surface area (Å²) in [5, 5.41) is 3.16. The van der Waals surface area contributed by atoms with Crippen molar-refractivity contribution in [3.8, 4) is 0 Å². The molecule has 0 fully saturated rings. The second kappa shape index (κ2) is 5.28. The number of halogens is 3. The maximum Gasteiger partial charge on any atom is 0.416 e. The molecule has 2 nitrogen and oxygen atoms in total. The Morgan fingerprint density at radius 2 is 2.17 bits per heavy atom. The first-order valence-electron chi connectivity index (χ1n) is 5.92. The highest BCUT2D eigenvalue weighted by molar-refractivity contribution is 5.37. The predicted molar refractivity (Wildman–Crippen MR) is 62.4 cm³/mol. The van der Waals surface area contributed by atoms with Crippen molar-refractivity contribution < 1.29 is 17.9 Å². The molecule has 18 heavy (non-hydrogen) atoms. The molecular formula is C13H16F3NO. The highest BCUT2D eigenvalue weighted by atomic mass is 19.4. The van der Waals surface area contributed by atoms with E-state index >= 15 is 0 Å². The summed E-state index contributed by atoms with van der Waals surface area (Å²) in [6.07, 6.45) is -3.45. The zero-order valence-corrected chi connectivity index (χ0v) is 10.2. The van der Waals surface area contributed by atoms with Crippen LogP contribution in [-0.2, 0) is 17.5 Å². The van der Waals surface area contributed by atoms with Crippen molar-refractivity contribution in [3.63, 3.8) is 0 Å². The molecule has 0 aromatic heterocycles. The van der Waals surface area contributed by atoms with Gasteiger partial charge in [-0.3, -0.25) is 0 Å². The molecular weight excluding hydrogens is 243 g/mol. The quantitative estimate of drug-likeness (QED) is 0.901. The molecule has 1 unspecified atom stereocenters. The van der Waals surface area contributed by atoms with Crippen LogP contribution >= 0.6 is 0 Å². The number of alkyl halides is 3. The van der Waals surface area contributed by atoms with Gasteiger partial charge in [0.1, 0.15) is 0 Å². The number of hydrogen-bond donors (Lipinski definition) is 1. The van der Waals surface area contributed by atoms with Gasteiger partial charge >= 0.3 is 6.18 Å². The topological polar surface area (TPSA) is 21.3 Å². The summed E-state index contributed by atoms with van der Waals surface area (Å²) >= 11 is 0. The van der Waals surface area contributed by atoms with E-state index in [9.17, 15) is 13.2 Å². The number of ether oxygens (including phenoxy) is 1. The van der Waals surface area contributed by atoms with E-state index in [1.165, 1.54) is 12.1 Å². The third-order valence-electron chi connectivity index (χ3n) is 3.29. The van der Waals surface area contributed by atoms with Crippen LogP contribution in [0.1, 0.15) is 29.0 Å². The smallest absolute Gasteiger partial charge is 0.385 e. The minimum atomic E-state index is -4.27. The number of fused-ring (bicyclic) bond motifs is 1. The van der Waals surface area contributed by atoms with E-state index in [4.69, 9.17) is 4.74 Å². The monoisotopic (exact) mass is 259 g/mol. The van der Waals surface area contributed by atoms with Crippen LogP contribution in [0, 0.1) is 0 Å². The summed E-state index contributed by atoms with van der Waals surface area (Å²) in [5.74, 6) is 0.232. The van der Waals surface area contributed by atoms with Gasteiger partial charge in [-0.25, -0.2) is 0 Å². The fourth-order valence-electron chi connectivity index (χ4n) is 2.34. The Morgan fingerprint density at radius 3 is 2.83 bits per heavy atom. The molecule has 0 radical (unpaired) electrons. The Kier molecular flexibility index (Phi) is 3.92. The van der Waals surface area contributed by atoms with Gasteiger partial charge in [0, 0.05) is 26.8 Å². The zero-order valence-electron chi connectivity index (χ0n) is 10.2. The summed E-state index contributed by atoms with van der Waals surface area (Å²) in [7, 11) is 1.63. The molecule has 0 amide bonds. The maximum atomic E-state index is 12.6. The fourth-order valence-corrected chi connectivity index (χ4v) is 2.34. The lowest BCUT2D eigenvalue weighted by Gasteiger charge is -2.27. The third-order valence-corrected chi connectivity index (χ3v) is 3.29. The van der Waals surface area contributed by atoms with Crippen molar-refractivity contribution in [3.05, 3.63) is 34.9 Å². The molecule has 1 aromatic rings. The molecule has 0 saturated heterocycles. The third kappa shape index (κ3) is 2.84. The predicted octanol–water partition coefficient (Wildman–Crippen LogP) is 2.93. The first-order valence-corrected chi connectivity index (χ1v) is 5.92. The van der Waals surface area contributed by atoms with E-state index < -0.39 is 11.7 Å². The van der Waals surface area contributed by atoms with Crippen LogP contribution in [-0.4, -0.2) is 20.3 Å². The van der Waals surface area contributed by atoms with Crippen molar-refractivity contribution in [1.82, 2.24) is 5.32 Å². The van der Waals surface area contributed by atoms with Crippen LogP contribution in [0.5, 0.6) is 0 Å². The lowest BCUT2D eigenvalue weighted by Crippen LogP contribution is -2.29. The Hall–Kier alpha value is -1.07. The number of methoxy groups -OCH3 is 1. The van der Waals surface area contributed by atoms with Gasteiger partial charge in [0.2, 0.25) is 0 Å². The van der Waals surface area contributed by atoms with E-state index in [1.54, 1.807) is 13.2 Å². The summed E-state index contributed by atoms with van der Waals surface area (Å²) in [4.78, 5) is 0. The SMILES string of the molecule is COCCC1CNCc2cc(C(F)(F)F)ccc21. The molecule has 1 heterocycles. The van der Waals surface area contributed by atoms with E-state index in [-0.39, 0.29) is 5.92 Å². The largest absolute Gasteiger partial charge is 0.416 e. The molecule has 0 bridgehead atoms. The average Bonchev–Trinajstić information content (AvgIpc) is 2.34. The molecule has 100 valence electrons. The normalized spacial score (nSPS) is 19.7. The maximum absolute atomic E-state index is 12.6. The van der Waals surface area contributed by atoms with Gasteiger partial charge < -0.3 is 10.1 Å². The van der Waals surface area contributed by atoms with Crippen molar-refractivity contribution in [2.45, 2.75) is 25.1 Å². The Morgan fingerprint density at radius 1 is 1.39 bits per heavy atom. The molecule has 0 saturated carbocycles. The summed E-state index contributed by atoms with van der Waals surface area (Å²) < 4.78 is 42.9. The molecule has 1 atom stereocenters. The Bertz CT molecular complexity index is 417. The van der Waals surface area contributed by atoms with Gasteiger partial charge in [-0.05, 0) is 35.6 Å². The summed E-state index contributed by atoms with van der Waals surface area (Å²) in [5.41, 5.74) is 1.19. The van der Waals surface area contributed by atoms with E-state index in [0.717, 1.165) is 24.1 Å². The summed E-state index contributed by atoms with van der Waals surface area (Å²) in [6.45, 7) is 1.91.